The molecule has 4 heteroatoms. The third kappa shape index (κ3) is 4.49. The van der Waals surface area contributed by atoms with Crippen LogP contribution < -0.4 is 0 Å². The van der Waals surface area contributed by atoms with Crippen LogP contribution in [0.1, 0.15) is 22.3 Å². The highest BCUT2D eigenvalue weighted by Gasteiger charge is 2.50. The fourth-order valence-electron chi connectivity index (χ4n) is 10.2. The van der Waals surface area contributed by atoms with E-state index in [1.54, 1.807) is 0 Å². The van der Waals surface area contributed by atoms with Crippen molar-refractivity contribution >= 4 is 55.2 Å². The van der Waals surface area contributed by atoms with Gasteiger partial charge in [-0.05, 0) is 62.0 Å². The maximum atomic E-state index is 5.62. The lowest BCUT2D eigenvalue weighted by Gasteiger charge is -2.40. The van der Waals surface area contributed by atoms with Gasteiger partial charge in [-0.1, -0.05) is 200 Å². The predicted octanol–water partition coefficient (Wildman–Crippen LogP) is 14.0. The minimum atomic E-state index is -0.502. The monoisotopic (exact) mass is 767 g/mol. The first-order valence-electron chi connectivity index (χ1n) is 20.2. The van der Waals surface area contributed by atoms with Gasteiger partial charge in [0.05, 0.1) is 27.7 Å². The molecule has 2 aromatic heterocycles. The third-order valence-corrected chi connectivity index (χ3v) is 13.9. The van der Waals surface area contributed by atoms with Crippen LogP contribution in [0.3, 0.4) is 0 Å². The molecule has 0 unspecified atom stereocenters. The zero-order valence-corrected chi connectivity index (χ0v) is 32.6. The highest BCUT2D eigenvalue weighted by Crippen LogP contribution is 2.63. The van der Waals surface area contributed by atoms with Gasteiger partial charge in [-0.25, -0.2) is 9.97 Å². The fourth-order valence-corrected chi connectivity index (χ4v) is 11.5. The van der Waals surface area contributed by atoms with Crippen LogP contribution in [0.2, 0.25) is 0 Å². The highest BCUT2D eigenvalue weighted by atomic mass is 32.2. The van der Waals surface area contributed by atoms with Crippen molar-refractivity contribution in [2.45, 2.75) is 15.2 Å². The Bertz CT molecular complexity index is 3480. The first-order chi connectivity index (χ1) is 29.3. The molecule has 13 rings (SSSR count). The van der Waals surface area contributed by atoms with E-state index >= 15 is 0 Å². The van der Waals surface area contributed by atoms with Crippen molar-refractivity contribution in [1.29, 1.82) is 0 Å². The van der Waals surface area contributed by atoms with Gasteiger partial charge in [0.15, 0.2) is 0 Å². The van der Waals surface area contributed by atoms with Crippen LogP contribution >= 0.6 is 11.8 Å². The summed E-state index contributed by atoms with van der Waals surface area (Å²) in [5.74, 6) is 0.663. The molecule has 11 aromatic rings. The molecule has 0 bridgehead atoms. The number of hydrogen-bond acceptors (Lipinski definition) is 3. The van der Waals surface area contributed by atoms with Gasteiger partial charge in [0.2, 0.25) is 5.95 Å². The largest absolute Gasteiger partial charge is 0.276 e. The normalized spacial score (nSPS) is 13.5. The second kappa shape index (κ2) is 12.4. The van der Waals surface area contributed by atoms with Gasteiger partial charge >= 0.3 is 0 Å². The van der Waals surface area contributed by atoms with Gasteiger partial charge in [-0.15, -0.1) is 0 Å². The third-order valence-electron chi connectivity index (χ3n) is 12.7. The molecule has 2 aliphatic rings. The summed E-state index contributed by atoms with van der Waals surface area (Å²) in [6.45, 7) is 0. The molecule has 1 aliphatic carbocycles. The Morgan fingerprint density at radius 3 is 1.78 bits per heavy atom. The molecule has 59 heavy (non-hydrogen) atoms. The molecule has 3 nitrogen and oxygen atoms in total. The maximum absolute atomic E-state index is 5.62. The fraction of sp³-hybridized carbons (Fsp3) is 0.0182. The molecular weight excluding hydrogens is 735 g/mol. The molecule has 3 heterocycles. The van der Waals surface area contributed by atoms with E-state index in [0.717, 1.165) is 33.2 Å². The van der Waals surface area contributed by atoms with Crippen molar-refractivity contribution in [3.8, 4) is 39.5 Å². The van der Waals surface area contributed by atoms with E-state index in [0.29, 0.717) is 5.95 Å². The summed E-state index contributed by atoms with van der Waals surface area (Å²) in [4.78, 5) is 13.6. The van der Waals surface area contributed by atoms with Gasteiger partial charge in [0.25, 0.3) is 0 Å². The average molecular weight is 768 g/mol. The van der Waals surface area contributed by atoms with E-state index in [1.165, 1.54) is 75.8 Å². The predicted molar refractivity (Wildman–Crippen MR) is 244 cm³/mol. The molecular formula is C55H33N3S. The van der Waals surface area contributed by atoms with Crippen LogP contribution in [0.5, 0.6) is 0 Å². The van der Waals surface area contributed by atoms with Crippen LogP contribution in [0.25, 0.3) is 82.9 Å². The number of rotatable bonds is 3. The molecule has 0 saturated heterocycles. The molecule has 1 spiro atoms. The maximum Gasteiger partial charge on any atom is 0.235 e. The van der Waals surface area contributed by atoms with Crippen LogP contribution in [-0.2, 0) is 5.41 Å². The zero-order chi connectivity index (χ0) is 38.7. The van der Waals surface area contributed by atoms with Crippen LogP contribution in [0, 0.1) is 0 Å². The van der Waals surface area contributed by atoms with E-state index in [-0.39, 0.29) is 0 Å². The summed E-state index contributed by atoms with van der Waals surface area (Å²) in [7, 11) is 0. The Balaban J connectivity index is 1.16. The number of benzene rings is 9. The number of fused-ring (bicyclic) bond motifs is 16. The minimum Gasteiger partial charge on any atom is -0.276 e. The second-order valence-corrected chi connectivity index (χ2v) is 16.7. The van der Waals surface area contributed by atoms with Gasteiger partial charge < -0.3 is 0 Å². The van der Waals surface area contributed by atoms with Gasteiger partial charge in [-0.3, -0.25) is 4.57 Å². The van der Waals surface area contributed by atoms with E-state index in [9.17, 15) is 0 Å². The van der Waals surface area contributed by atoms with Crippen LogP contribution in [-0.4, -0.2) is 14.5 Å². The van der Waals surface area contributed by atoms with E-state index in [1.807, 2.05) is 11.8 Å². The van der Waals surface area contributed by atoms with E-state index in [4.69, 9.17) is 9.97 Å². The molecule has 0 N–H and O–H groups in total. The summed E-state index contributed by atoms with van der Waals surface area (Å²) in [5, 5.41) is 5.76. The van der Waals surface area contributed by atoms with E-state index in [2.05, 4.69) is 205 Å². The van der Waals surface area contributed by atoms with Crippen LogP contribution in [0.15, 0.2) is 210 Å². The standard InChI is InChI=1S/C55H33N3S/c1-2-14-34(15-3-1)35-26-28-37(29-27-35)50-43-20-8-12-24-48(43)56-54(57-50)58-51-38-17-5-4-16-36(38)30-31-41(51)42-32-33-47-53(52(42)58)59-49-25-13-11-23-46(49)55(47)44-21-9-6-18-39(44)40-19-7-10-22-45(40)55/h1-33H. The van der Waals surface area contributed by atoms with Gasteiger partial charge in [-0.2, -0.15) is 0 Å². The lowest BCUT2D eigenvalue weighted by Crippen LogP contribution is -2.32. The minimum absolute atomic E-state index is 0.502. The number of hydrogen-bond donors (Lipinski definition) is 0. The smallest absolute Gasteiger partial charge is 0.235 e. The molecule has 0 saturated carbocycles. The van der Waals surface area contributed by atoms with Crippen molar-refractivity contribution in [2.75, 3.05) is 0 Å². The lowest BCUT2D eigenvalue weighted by molar-refractivity contribution is 0.724. The molecule has 0 radical (unpaired) electrons. The lowest BCUT2D eigenvalue weighted by atomic mass is 9.67. The van der Waals surface area contributed by atoms with Crippen molar-refractivity contribution in [3.05, 3.63) is 222 Å². The Morgan fingerprint density at radius 2 is 0.983 bits per heavy atom. The van der Waals surface area contributed by atoms with Gasteiger partial charge in [0, 0.05) is 36.9 Å². The molecule has 1 aliphatic heterocycles. The summed E-state index contributed by atoms with van der Waals surface area (Å²) in [6, 6.07) is 72.9. The quantitative estimate of drug-likeness (QED) is 0.179. The van der Waals surface area contributed by atoms with Crippen molar-refractivity contribution in [1.82, 2.24) is 14.5 Å². The molecule has 274 valence electrons. The Morgan fingerprint density at radius 1 is 0.390 bits per heavy atom. The molecule has 0 fully saturated rings. The van der Waals surface area contributed by atoms with Crippen molar-refractivity contribution in [3.63, 3.8) is 0 Å². The van der Waals surface area contributed by atoms with Crippen LogP contribution in [0.4, 0.5) is 0 Å². The Labute approximate surface area is 345 Å². The summed E-state index contributed by atoms with van der Waals surface area (Å²) in [5.41, 5.74) is 14.9. The Hall–Kier alpha value is -7.27. The summed E-state index contributed by atoms with van der Waals surface area (Å²) < 4.78 is 2.39. The summed E-state index contributed by atoms with van der Waals surface area (Å²) in [6.07, 6.45) is 0. The Kier molecular flexibility index (Phi) is 6.87. The number of nitrogens with zero attached hydrogens (tertiary/aromatic N) is 3. The van der Waals surface area contributed by atoms with E-state index < -0.39 is 5.41 Å². The molecule has 0 atom stereocenters. The highest BCUT2D eigenvalue weighted by molar-refractivity contribution is 7.99. The van der Waals surface area contributed by atoms with Crippen molar-refractivity contribution < 1.29 is 0 Å². The topological polar surface area (TPSA) is 30.7 Å². The number of aromatic nitrogens is 3. The second-order valence-electron chi connectivity index (χ2n) is 15.6. The molecule has 0 amide bonds. The first-order valence-corrected chi connectivity index (χ1v) is 21.0. The average Bonchev–Trinajstić information content (AvgIpc) is 3.81. The van der Waals surface area contributed by atoms with Crippen molar-refractivity contribution in [2.24, 2.45) is 0 Å². The SMILES string of the molecule is c1ccc(-c2ccc(-c3nc(-n4c5c6c(ccc5c5ccc7ccccc7c54)C4(c5ccccc5S6)c5ccccc5-c5ccccc54)nc4ccccc34)cc2)cc1. The number of para-hydroxylation sites is 1. The summed E-state index contributed by atoms with van der Waals surface area (Å²) >= 11 is 1.88. The molecule has 9 aromatic carbocycles. The van der Waals surface area contributed by atoms with Gasteiger partial charge in [0.1, 0.15) is 0 Å². The zero-order valence-electron chi connectivity index (χ0n) is 31.8. The first kappa shape index (κ1) is 32.8.